The van der Waals surface area contributed by atoms with Crippen LogP contribution in [0.5, 0.6) is 0 Å². The molecule has 0 aliphatic carbocycles. The van der Waals surface area contributed by atoms with Crippen LogP contribution < -0.4 is 15.1 Å². The van der Waals surface area contributed by atoms with Crippen molar-refractivity contribution in [2.75, 3.05) is 41.3 Å². The first kappa shape index (κ1) is 16.6. The third-order valence-electron chi connectivity index (χ3n) is 4.58. The summed E-state index contributed by atoms with van der Waals surface area (Å²) in [5.74, 6) is 1.74. The minimum Gasteiger partial charge on any atom is -0.368 e. The van der Waals surface area contributed by atoms with Gasteiger partial charge in [0.15, 0.2) is 0 Å². The van der Waals surface area contributed by atoms with Gasteiger partial charge >= 0.3 is 0 Å². The molecule has 2 aromatic rings. The highest BCUT2D eigenvalue weighted by Gasteiger charge is 2.19. The molecule has 0 saturated carbocycles. The SMILES string of the molecule is CCC(C)Nc1ccnc(N2CCN(c3cccc(C)c3)CC2)n1. The molecule has 2 heterocycles. The van der Waals surface area contributed by atoms with E-state index in [1.54, 1.807) is 0 Å². The number of rotatable bonds is 5. The van der Waals surface area contributed by atoms with E-state index in [1.807, 2.05) is 12.3 Å². The van der Waals surface area contributed by atoms with Crippen molar-refractivity contribution in [1.82, 2.24) is 9.97 Å². The minimum absolute atomic E-state index is 0.422. The zero-order chi connectivity index (χ0) is 16.9. The minimum atomic E-state index is 0.422. The average molecular weight is 325 g/mol. The standard InChI is InChI=1S/C19H27N5/c1-4-16(3)21-18-8-9-20-19(22-18)24-12-10-23(11-13-24)17-7-5-6-15(2)14-17/h5-9,14,16H,4,10-13H2,1-3H3,(H,20,21,22). The van der Waals surface area contributed by atoms with E-state index in [4.69, 9.17) is 0 Å². The normalized spacial score (nSPS) is 16.1. The Labute approximate surface area is 144 Å². The Kier molecular flexibility index (Phi) is 5.18. The molecular formula is C19H27N5. The summed E-state index contributed by atoms with van der Waals surface area (Å²) < 4.78 is 0. The molecule has 1 N–H and O–H groups in total. The highest BCUT2D eigenvalue weighted by Crippen LogP contribution is 2.20. The van der Waals surface area contributed by atoms with Gasteiger partial charge in [0.25, 0.3) is 0 Å². The van der Waals surface area contributed by atoms with E-state index < -0.39 is 0 Å². The van der Waals surface area contributed by atoms with Gasteiger partial charge in [-0.05, 0) is 44.0 Å². The molecule has 0 radical (unpaired) electrons. The molecule has 1 aliphatic rings. The zero-order valence-electron chi connectivity index (χ0n) is 14.9. The molecule has 1 saturated heterocycles. The largest absolute Gasteiger partial charge is 0.368 e. The molecule has 128 valence electrons. The maximum Gasteiger partial charge on any atom is 0.227 e. The number of hydrogen-bond acceptors (Lipinski definition) is 5. The second-order valence-electron chi connectivity index (χ2n) is 6.51. The number of piperazine rings is 1. The average Bonchev–Trinajstić information content (AvgIpc) is 2.62. The van der Waals surface area contributed by atoms with Crippen LogP contribution in [0.2, 0.25) is 0 Å². The van der Waals surface area contributed by atoms with Crippen LogP contribution in [0.4, 0.5) is 17.5 Å². The summed E-state index contributed by atoms with van der Waals surface area (Å²) in [6.45, 7) is 10.4. The summed E-state index contributed by atoms with van der Waals surface area (Å²) in [7, 11) is 0. The van der Waals surface area contributed by atoms with Crippen LogP contribution in [0, 0.1) is 6.92 Å². The van der Waals surface area contributed by atoms with E-state index in [0.717, 1.165) is 44.4 Å². The van der Waals surface area contributed by atoms with Crippen molar-refractivity contribution in [3.05, 3.63) is 42.1 Å². The van der Waals surface area contributed by atoms with Crippen LogP contribution in [-0.2, 0) is 0 Å². The van der Waals surface area contributed by atoms with Crippen molar-refractivity contribution in [3.63, 3.8) is 0 Å². The summed E-state index contributed by atoms with van der Waals surface area (Å²) in [5.41, 5.74) is 2.62. The lowest BCUT2D eigenvalue weighted by molar-refractivity contribution is 0.639. The molecule has 1 aliphatic heterocycles. The van der Waals surface area contributed by atoms with E-state index in [9.17, 15) is 0 Å². The number of nitrogens with one attached hydrogen (secondary N) is 1. The lowest BCUT2D eigenvalue weighted by Gasteiger charge is -2.36. The Morgan fingerprint density at radius 1 is 1.12 bits per heavy atom. The van der Waals surface area contributed by atoms with Gasteiger partial charge in [-0.15, -0.1) is 0 Å². The van der Waals surface area contributed by atoms with Gasteiger partial charge < -0.3 is 15.1 Å². The highest BCUT2D eigenvalue weighted by molar-refractivity contribution is 5.50. The molecule has 5 nitrogen and oxygen atoms in total. The molecular weight excluding hydrogens is 298 g/mol. The van der Waals surface area contributed by atoms with Gasteiger partial charge in [0, 0.05) is 44.1 Å². The van der Waals surface area contributed by atoms with Crippen LogP contribution in [0.3, 0.4) is 0 Å². The van der Waals surface area contributed by atoms with Crippen LogP contribution in [-0.4, -0.2) is 42.2 Å². The first-order valence-corrected chi connectivity index (χ1v) is 8.82. The van der Waals surface area contributed by atoms with Crippen molar-refractivity contribution in [1.29, 1.82) is 0 Å². The van der Waals surface area contributed by atoms with Gasteiger partial charge in [0.2, 0.25) is 5.95 Å². The lowest BCUT2D eigenvalue weighted by atomic mass is 10.2. The Bertz CT molecular complexity index is 664. The smallest absolute Gasteiger partial charge is 0.227 e. The van der Waals surface area contributed by atoms with Crippen molar-refractivity contribution in [3.8, 4) is 0 Å². The fourth-order valence-corrected chi connectivity index (χ4v) is 2.92. The monoisotopic (exact) mass is 325 g/mol. The Balaban J connectivity index is 1.63. The van der Waals surface area contributed by atoms with Gasteiger partial charge in [-0.2, -0.15) is 4.98 Å². The van der Waals surface area contributed by atoms with E-state index in [-0.39, 0.29) is 0 Å². The van der Waals surface area contributed by atoms with Crippen molar-refractivity contribution in [2.24, 2.45) is 0 Å². The van der Waals surface area contributed by atoms with E-state index in [0.29, 0.717) is 6.04 Å². The van der Waals surface area contributed by atoms with E-state index in [1.165, 1.54) is 11.3 Å². The molecule has 1 aromatic heterocycles. The van der Waals surface area contributed by atoms with Crippen molar-refractivity contribution >= 4 is 17.5 Å². The van der Waals surface area contributed by atoms with Crippen LogP contribution in [0.25, 0.3) is 0 Å². The molecule has 1 atom stereocenters. The fourth-order valence-electron chi connectivity index (χ4n) is 2.92. The number of nitrogens with zero attached hydrogens (tertiary/aromatic N) is 4. The molecule has 3 rings (SSSR count). The van der Waals surface area contributed by atoms with E-state index >= 15 is 0 Å². The topological polar surface area (TPSA) is 44.3 Å². The molecule has 0 amide bonds. The van der Waals surface area contributed by atoms with Crippen LogP contribution >= 0.6 is 0 Å². The number of anilines is 3. The third-order valence-corrected chi connectivity index (χ3v) is 4.58. The number of aromatic nitrogens is 2. The molecule has 1 aromatic carbocycles. The summed E-state index contributed by atoms with van der Waals surface area (Å²) >= 11 is 0. The van der Waals surface area contributed by atoms with Gasteiger partial charge in [0.1, 0.15) is 5.82 Å². The number of aryl methyl sites for hydroxylation is 1. The third kappa shape index (κ3) is 3.96. The number of hydrogen-bond donors (Lipinski definition) is 1. The first-order chi connectivity index (χ1) is 11.7. The second-order valence-corrected chi connectivity index (χ2v) is 6.51. The van der Waals surface area contributed by atoms with Gasteiger partial charge in [-0.1, -0.05) is 19.1 Å². The van der Waals surface area contributed by atoms with Gasteiger partial charge in [-0.3, -0.25) is 0 Å². The van der Waals surface area contributed by atoms with Crippen LogP contribution in [0.15, 0.2) is 36.5 Å². The molecule has 0 spiro atoms. The molecule has 24 heavy (non-hydrogen) atoms. The van der Waals surface area contributed by atoms with Gasteiger partial charge in [0.05, 0.1) is 0 Å². The summed E-state index contributed by atoms with van der Waals surface area (Å²) in [6.07, 6.45) is 2.93. The lowest BCUT2D eigenvalue weighted by Crippen LogP contribution is -2.47. The molecule has 1 fully saturated rings. The summed E-state index contributed by atoms with van der Waals surface area (Å²) in [5, 5.41) is 3.42. The maximum atomic E-state index is 4.68. The van der Waals surface area contributed by atoms with Crippen molar-refractivity contribution < 1.29 is 0 Å². The molecule has 0 bridgehead atoms. The van der Waals surface area contributed by atoms with Gasteiger partial charge in [-0.25, -0.2) is 4.98 Å². The summed E-state index contributed by atoms with van der Waals surface area (Å²) in [6, 6.07) is 11.1. The number of benzene rings is 1. The Morgan fingerprint density at radius 2 is 1.88 bits per heavy atom. The predicted molar refractivity (Wildman–Crippen MR) is 101 cm³/mol. The Morgan fingerprint density at radius 3 is 2.58 bits per heavy atom. The van der Waals surface area contributed by atoms with Crippen molar-refractivity contribution in [2.45, 2.75) is 33.2 Å². The zero-order valence-corrected chi connectivity index (χ0v) is 14.9. The Hall–Kier alpha value is -2.30. The quantitative estimate of drug-likeness (QED) is 0.913. The van der Waals surface area contributed by atoms with E-state index in [2.05, 4.69) is 70.1 Å². The summed E-state index contributed by atoms with van der Waals surface area (Å²) in [4.78, 5) is 13.9. The highest BCUT2D eigenvalue weighted by atomic mass is 15.3. The second kappa shape index (κ2) is 7.51. The van der Waals surface area contributed by atoms with Crippen LogP contribution in [0.1, 0.15) is 25.8 Å². The molecule has 5 heteroatoms. The maximum absolute atomic E-state index is 4.68. The molecule has 1 unspecified atom stereocenters. The fraction of sp³-hybridized carbons (Fsp3) is 0.474. The predicted octanol–water partition coefficient (Wildman–Crippen LogP) is 3.32. The first-order valence-electron chi connectivity index (χ1n) is 8.82.